The molecule has 6 nitrogen and oxygen atoms in total. The number of nitrogens with one attached hydrogen (secondary N) is 1. The molecular formula is C24H23N5OS. The molecule has 0 unspecified atom stereocenters. The van der Waals surface area contributed by atoms with Crippen LogP contribution in [0.5, 0.6) is 0 Å². The summed E-state index contributed by atoms with van der Waals surface area (Å²) >= 11 is 1.47. The van der Waals surface area contributed by atoms with Crippen molar-refractivity contribution in [3.8, 4) is 11.3 Å². The monoisotopic (exact) mass is 429 g/mol. The van der Waals surface area contributed by atoms with Gasteiger partial charge in [-0.2, -0.15) is 0 Å². The van der Waals surface area contributed by atoms with Crippen LogP contribution >= 0.6 is 11.3 Å². The number of pyridine rings is 2. The standard InChI is InChI=1S/C24H23N5OS/c30-23(28-24-26-18(16-31-24)15-29-11-4-1-5-12-29)20-13-22(17-7-6-10-25-14-17)27-21-9-3-2-8-19(20)21/h2-3,6-10,13-14,16H,1,4-5,11-12,15H2,(H,26,28,30). The first-order chi connectivity index (χ1) is 15.3. The Labute approximate surface area is 185 Å². The van der Waals surface area contributed by atoms with E-state index in [1.54, 1.807) is 12.4 Å². The van der Waals surface area contributed by atoms with Crippen molar-refractivity contribution in [2.45, 2.75) is 25.8 Å². The van der Waals surface area contributed by atoms with Crippen molar-refractivity contribution in [3.05, 3.63) is 71.5 Å². The number of amides is 1. The van der Waals surface area contributed by atoms with Gasteiger partial charge in [-0.25, -0.2) is 9.97 Å². The fraction of sp³-hybridized carbons (Fsp3) is 0.250. The summed E-state index contributed by atoms with van der Waals surface area (Å²) in [5.41, 5.74) is 3.97. The highest BCUT2D eigenvalue weighted by atomic mass is 32.1. The van der Waals surface area contributed by atoms with E-state index in [0.29, 0.717) is 10.7 Å². The van der Waals surface area contributed by atoms with Crippen LogP contribution in [0.3, 0.4) is 0 Å². The van der Waals surface area contributed by atoms with Gasteiger partial charge in [-0.3, -0.25) is 20.0 Å². The predicted molar refractivity (Wildman–Crippen MR) is 124 cm³/mol. The number of likely N-dealkylation sites (tertiary alicyclic amines) is 1. The number of carbonyl (C=O) groups is 1. The van der Waals surface area contributed by atoms with Gasteiger partial charge in [0.25, 0.3) is 5.91 Å². The number of carbonyl (C=O) groups excluding carboxylic acids is 1. The maximum Gasteiger partial charge on any atom is 0.258 e. The molecule has 1 aliphatic rings. The van der Waals surface area contributed by atoms with Crippen LogP contribution in [0.25, 0.3) is 22.2 Å². The summed E-state index contributed by atoms with van der Waals surface area (Å²) in [6, 6.07) is 13.3. The van der Waals surface area contributed by atoms with E-state index in [2.05, 4.69) is 20.2 Å². The summed E-state index contributed by atoms with van der Waals surface area (Å²) < 4.78 is 0. The van der Waals surface area contributed by atoms with Gasteiger partial charge in [0.15, 0.2) is 5.13 Å². The highest BCUT2D eigenvalue weighted by Gasteiger charge is 2.17. The van der Waals surface area contributed by atoms with E-state index in [1.807, 2.05) is 47.8 Å². The normalized spacial score (nSPS) is 14.6. The topological polar surface area (TPSA) is 71.0 Å². The smallest absolute Gasteiger partial charge is 0.258 e. The van der Waals surface area contributed by atoms with Crippen LogP contribution in [-0.4, -0.2) is 38.8 Å². The number of benzene rings is 1. The van der Waals surface area contributed by atoms with Gasteiger partial charge in [-0.15, -0.1) is 11.3 Å². The van der Waals surface area contributed by atoms with Crippen molar-refractivity contribution in [2.24, 2.45) is 0 Å². The minimum atomic E-state index is -0.178. The van der Waals surface area contributed by atoms with E-state index in [1.165, 1.54) is 30.6 Å². The Hall–Kier alpha value is -3.16. The minimum absolute atomic E-state index is 0.178. The fourth-order valence-electron chi connectivity index (χ4n) is 3.97. The molecule has 4 aromatic rings. The van der Waals surface area contributed by atoms with Crippen LogP contribution in [0, 0.1) is 0 Å². The van der Waals surface area contributed by atoms with Gasteiger partial charge in [0.05, 0.1) is 22.5 Å². The molecule has 1 saturated heterocycles. The third-order valence-corrected chi connectivity index (χ3v) is 6.33. The number of aromatic nitrogens is 3. The molecule has 0 bridgehead atoms. The first-order valence-electron chi connectivity index (χ1n) is 10.5. The van der Waals surface area contributed by atoms with Gasteiger partial charge in [0, 0.05) is 35.3 Å². The molecule has 0 saturated carbocycles. The lowest BCUT2D eigenvalue weighted by Crippen LogP contribution is -2.29. The Morgan fingerprint density at radius 3 is 2.77 bits per heavy atom. The van der Waals surface area contributed by atoms with Gasteiger partial charge in [-0.05, 0) is 50.2 Å². The molecule has 5 rings (SSSR count). The number of hydrogen-bond acceptors (Lipinski definition) is 6. The van der Waals surface area contributed by atoms with Crippen molar-refractivity contribution in [2.75, 3.05) is 18.4 Å². The number of rotatable bonds is 5. The summed E-state index contributed by atoms with van der Waals surface area (Å²) in [5.74, 6) is -0.178. The molecule has 4 heterocycles. The molecule has 3 aromatic heterocycles. The molecule has 0 spiro atoms. The second kappa shape index (κ2) is 8.91. The zero-order chi connectivity index (χ0) is 21.0. The number of piperidine rings is 1. The fourth-order valence-corrected chi connectivity index (χ4v) is 4.67. The van der Waals surface area contributed by atoms with Crippen LogP contribution in [0.1, 0.15) is 35.3 Å². The summed E-state index contributed by atoms with van der Waals surface area (Å²) in [6.07, 6.45) is 7.30. The number of fused-ring (bicyclic) bond motifs is 1. The van der Waals surface area contributed by atoms with E-state index < -0.39 is 0 Å². The number of thiazole rings is 1. The third-order valence-electron chi connectivity index (χ3n) is 5.52. The Kier molecular flexibility index (Phi) is 5.69. The van der Waals surface area contributed by atoms with Gasteiger partial charge in [-0.1, -0.05) is 24.6 Å². The summed E-state index contributed by atoms with van der Waals surface area (Å²) in [4.78, 5) is 29.2. The van der Waals surface area contributed by atoms with Crippen molar-refractivity contribution < 1.29 is 4.79 Å². The lowest BCUT2D eigenvalue weighted by molar-refractivity contribution is 0.102. The van der Waals surface area contributed by atoms with Crippen molar-refractivity contribution in [3.63, 3.8) is 0 Å². The average molecular weight is 430 g/mol. The number of anilines is 1. The van der Waals surface area contributed by atoms with Gasteiger partial charge >= 0.3 is 0 Å². The molecule has 0 aliphatic carbocycles. The van der Waals surface area contributed by atoms with E-state index in [9.17, 15) is 4.79 Å². The van der Waals surface area contributed by atoms with Crippen LogP contribution in [0.15, 0.2) is 60.2 Å². The van der Waals surface area contributed by atoms with E-state index in [4.69, 9.17) is 4.98 Å². The number of nitrogens with zero attached hydrogens (tertiary/aromatic N) is 4. The number of hydrogen-bond donors (Lipinski definition) is 1. The molecule has 0 radical (unpaired) electrons. The summed E-state index contributed by atoms with van der Waals surface area (Å²) in [7, 11) is 0. The zero-order valence-corrected chi connectivity index (χ0v) is 17.9. The molecule has 1 N–H and O–H groups in total. The maximum absolute atomic E-state index is 13.2. The van der Waals surface area contributed by atoms with Crippen LogP contribution in [0.2, 0.25) is 0 Å². The van der Waals surface area contributed by atoms with E-state index in [0.717, 1.165) is 47.5 Å². The second-order valence-electron chi connectivity index (χ2n) is 7.75. The van der Waals surface area contributed by atoms with Crippen molar-refractivity contribution in [1.82, 2.24) is 19.9 Å². The first kappa shape index (κ1) is 19.8. The third kappa shape index (κ3) is 4.47. The average Bonchev–Trinajstić information content (AvgIpc) is 3.26. The van der Waals surface area contributed by atoms with Crippen LogP contribution in [-0.2, 0) is 6.54 Å². The Balaban J connectivity index is 1.40. The van der Waals surface area contributed by atoms with Gasteiger partial charge in [0.2, 0.25) is 0 Å². The molecule has 31 heavy (non-hydrogen) atoms. The van der Waals surface area contributed by atoms with Crippen molar-refractivity contribution >= 4 is 33.3 Å². The molecule has 7 heteroatoms. The van der Waals surface area contributed by atoms with Crippen LogP contribution in [0.4, 0.5) is 5.13 Å². The summed E-state index contributed by atoms with van der Waals surface area (Å²) in [6.45, 7) is 3.09. The minimum Gasteiger partial charge on any atom is -0.298 e. The molecular weight excluding hydrogens is 406 g/mol. The van der Waals surface area contributed by atoms with Crippen molar-refractivity contribution in [1.29, 1.82) is 0 Å². The van der Waals surface area contributed by atoms with E-state index in [-0.39, 0.29) is 5.91 Å². The number of para-hydroxylation sites is 1. The highest BCUT2D eigenvalue weighted by molar-refractivity contribution is 7.14. The lowest BCUT2D eigenvalue weighted by atomic mass is 10.0. The lowest BCUT2D eigenvalue weighted by Gasteiger charge is -2.25. The van der Waals surface area contributed by atoms with Gasteiger partial charge in [0.1, 0.15) is 0 Å². The molecule has 1 aliphatic heterocycles. The molecule has 1 aromatic carbocycles. The highest BCUT2D eigenvalue weighted by Crippen LogP contribution is 2.26. The van der Waals surface area contributed by atoms with E-state index >= 15 is 0 Å². The Morgan fingerprint density at radius 2 is 1.94 bits per heavy atom. The quantitative estimate of drug-likeness (QED) is 0.484. The predicted octanol–water partition coefficient (Wildman–Crippen LogP) is 4.99. The Bertz CT molecular complexity index is 1200. The first-order valence-corrected chi connectivity index (χ1v) is 11.4. The zero-order valence-electron chi connectivity index (χ0n) is 17.1. The Morgan fingerprint density at radius 1 is 1.06 bits per heavy atom. The van der Waals surface area contributed by atoms with Gasteiger partial charge < -0.3 is 0 Å². The molecule has 1 fully saturated rings. The molecule has 156 valence electrons. The second-order valence-corrected chi connectivity index (χ2v) is 8.61. The maximum atomic E-state index is 13.2. The largest absolute Gasteiger partial charge is 0.298 e. The molecule has 1 amide bonds. The molecule has 0 atom stereocenters. The van der Waals surface area contributed by atoms with Crippen LogP contribution < -0.4 is 5.32 Å². The SMILES string of the molecule is O=C(Nc1nc(CN2CCCCC2)cs1)c1cc(-c2cccnc2)nc2ccccc12. The summed E-state index contributed by atoms with van der Waals surface area (Å²) in [5, 5.41) is 6.47.